The standard InChI is InChI=1S/C25H29FN4O/c1-3-28-15-13-25(17-18(28)2)23(29-14-12-22(29)19-8-5-4-6-9-19)27-24(31)30(25)21-11-7-10-20(26)16-21/h4-11,16,18,22H,3,12-15,17H2,1-2H3/t18-,22?,25+/m0/s1. The summed E-state index contributed by atoms with van der Waals surface area (Å²) < 4.78 is 14.1. The van der Waals surface area contributed by atoms with Crippen LogP contribution in [-0.4, -0.2) is 52.9 Å². The van der Waals surface area contributed by atoms with Gasteiger partial charge in [0.15, 0.2) is 0 Å². The number of urea groups is 1. The van der Waals surface area contributed by atoms with E-state index in [2.05, 4.69) is 52.9 Å². The van der Waals surface area contributed by atoms with Crippen LogP contribution in [0.15, 0.2) is 59.6 Å². The molecule has 1 unspecified atom stereocenters. The fourth-order valence-electron chi connectivity index (χ4n) is 5.64. The van der Waals surface area contributed by atoms with Crippen LogP contribution in [0.1, 0.15) is 44.7 Å². The Hall–Kier alpha value is -2.73. The van der Waals surface area contributed by atoms with Gasteiger partial charge in [-0.1, -0.05) is 43.3 Å². The first-order chi connectivity index (χ1) is 15.0. The van der Waals surface area contributed by atoms with E-state index in [4.69, 9.17) is 0 Å². The Morgan fingerprint density at radius 2 is 1.94 bits per heavy atom. The molecule has 0 bridgehead atoms. The molecule has 0 radical (unpaired) electrons. The molecule has 3 atom stereocenters. The van der Waals surface area contributed by atoms with Crippen molar-refractivity contribution in [3.63, 3.8) is 0 Å². The predicted octanol–water partition coefficient (Wildman–Crippen LogP) is 4.85. The summed E-state index contributed by atoms with van der Waals surface area (Å²) in [5.41, 5.74) is 1.31. The highest BCUT2D eigenvalue weighted by atomic mass is 19.1. The Labute approximate surface area is 183 Å². The van der Waals surface area contributed by atoms with Gasteiger partial charge in [0.05, 0.1) is 6.04 Å². The number of aliphatic imine (C=N–C) groups is 1. The SMILES string of the molecule is CCN1CC[C@@]2(C[C@@H]1C)C(N1CCC1c1ccccc1)=NC(=O)N2c1cccc(F)c1. The van der Waals surface area contributed by atoms with Gasteiger partial charge in [-0.15, -0.1) is 0 Å². The van der Waals surface area contributed by atoms with Crippen LogP contribution in [-0.2, 0) is 0 Å². The van der Waals surface area contributed by atoms with E-state index >= 15 is 0 Å². The minimum Gasteiger partial charge on any atom is -0.351 e. The van der Waals surface area contributed by atoms with Crippen molar-refractivity contribution in [3.8, 4) is 0 Å². The number of hydrogen-bond donors (Lipinski definition) is 0. The molecule has 2 saturated heterocycles. The summed E-state index contributed by atoms with van der Waals surface area (Å²) in [4.78, 5) is 24.4. The lowest BCUT2D eigenvalue weighted by molar-refractivity contribution is 0.117. The average molecular weight is 421 g/mol. The summed E-state index contributed by atoms with van der Waals surface area (Å²) in [5, 5.41) is 0. The molecule has 5 rings (SSSR count). The van der Waals surface area contributed by atoms with E-state index in [1.165, 1.54) is 17.7 Å². The number of likely N-dealkylation sites (tertiary alicyclic amines) is 2. The normalized spacial score (nSPS) is 28.7. The van der Waals surface area contributed by atoms with E-state index in [0.29, 0.717) is 11.7 Å². The average Bonchev–Trinajstić information content (AvgIpc) is 2.99. The fraction of sp³-hybridized carbons (Fsp3) is 0.440. The lowest BCUT2D eigenvalue weighted by Gasteiger charge is -2.53. The van der Waals surface area contributed by atoms with Crippen molar-refractivity contribution >= 4 is 17.6 Å². The van der Waals surface area contributed by atoms with E-state index in [1.807, 2.05) is 12.1 Å². The molecule has 3 aliphatic rings. The third-order valence-corrected chi connectivity index (χ3v) is 7.25. The van der Waals surface area contributed by atoms with Gasteiger partial charge in [-0.25, -0.2) is 9.18 Å². The molecule has 6 heteroatoms. The van der Waals surface area contributed by atoms with Crippen LogP contribution in [0.3, 0.4) is 0 Å². The van der Waals surface area contributed by atoms with Crippen LogP contribution >= 0.6 is 0 Å². The zero-order valence-electron chi connectivity index (χ0n) is 18.2. The number of halogens is 1. The summed E-state index contributed by atoms with van der Waals surface area (Å²) in [7, 11) is 0. The maximum Gasteiger partial charge on any atom is 0.350 e. The Bertz CT molecular complexity index is 1010. The van der Waals surface area contributed by atoms with Gasteiger partial charge in [0.2, 0.25) is 0 Å². The van der Waals surface area contributed by atoms with Crippen molar-refractivity contribution in [1.29, 1.82) is 0 Å². The number of amides is 2. The lowest BCUT2D eigenvalue weighted by atomic mass is 9.79. The second-order valence-corrected chi connectivity index (χ2v) is 8.91. The number of carbonyl (C=O) groups is 1. The molecule has 31 heavy (non-hydrogen) atoms. The van der Waals surface area contributed by atoms with Crippen LogP contribution in [0.4, 0.5) is 14.9 Å². The molecule has 3 heterocycles. The van der Waals surface area contributed by atoms with E-state index in [1.54, 1.807) is 11.0 Å². The third-order valence-electron chi connectivity index (χ3n) is 7.25. The van der Waals surface area contributed by atoms with Gasteiger partial charge >= 0.3 is 6.03 Å². The van der Waals surface area contributed by atoms with Gasteiger partial charge in [0, 0.05) is 24.8 Å². The van der Waals surface area contributed by atoms with Crippen molar-refractivity contribution in [3.05, 3.63) is 66.0 Å². The molecular weight excluding hydrogens is 391 g/mol. The first-order valence-corrected chi connectivity index (χ1v) is 11.3. The van der Waals surface area contributed by atoms with Gasteiger partial charge in [-0.05, 0) is 56.5 Å². The molecular formula is C25H29FN4O. The fourth-order valence-corrected chi connectivity index (χ4v) is 5.64. The molecule has 3 aliphatic heterocycles. The summed E-state index contributed by atoms with van der Waals surface area (Å²) >= 11 is 0. The highest BCUT2D eigenvalue weighted by molar-refractivity contribution is 6.16. The summed E-state index contributed by atoms with van der Waals surface area (Å²) in [6.45, 7) is 7.15. The minimum atomic E-state index is -0.538. The topological polar surface area (TPSA) is 39.1 Å². The Balaban J connectivity index is 1.56. The van der Waals surface area contributed by atoms with Crippen molar-refractivity contribution in [2.45, 2.75) is 50.7 Å². The smallest absolute Gasteiger partial charge is 0.350 e. The number of amidine groups is 1. The summed E-state index contributed by atoms with van der Waals surface area (Å²) in [6.07, 6.45) is 2.63. The maximum atomic E-state index is 14.1. The van der Waals surface area contributed by atoms with Crippen LogP contribution < -0.4 is 4.90 Å². The highest BCUT2D eigenvalue weighted by Crippen LogP contribution is 2.46. The number of anilines is 1. The number of carbonyl (C=O) groups excluding carboxylic acids is 1. The maximum absolute atomic E-state index is 14.1. The molecule has 0 N–H and O–H groups in total. The molecule has 1 spiro atoms. The Morgan fingerprint density at radius 3 is 2.58 bits per heavy atom. The van der Waals surface area contributed by atoms with Gasteiger partial charge in [0.25, 0.3) is 0 Å². The van der Waals surface area contributed by atoms with E-state index in [9.17, 15) is 9.18 Å². The van der Waals surface area contributed by atoms with E-state index in [-0.39, 0.29) is 17.9 Å². The molecule has 2 aromatic carbocycles. The van der Waals surface area contributed by atoms with Crippen molar-refractivity contribution < 1.29 is 9.18 Å². The van der Waals surface area contributed by atoms with Crippen LogP contribution in [0, 0.1) is 5.82 Å². The lowest BCUT2D eigenvalue weighted by Crippen LogP contribution is -2.65. The molecule has 0 aliphatic carbocycles. The molecule has 5 nitrogen and oxygen atoms in total. The quantitative estimate of drug-likeness (QED) is 0.712. The molecule has 2 aromatic rings. The predicted molar refractivity (Wildman–Crippen MR) is 121 cm³/mol. The first-order valence-electron chi connectivity index (χ1n) is 11.3. The monoisotopic (exact) mass is 420 g/mol. The first kappa shape index (κ1) is 20.2. The van der Waals surface area contributed by atoms with Gasteiger partial charge in [-0.2, -0.15) is 4.99 Å². The second-order valence-electron chi connectivity index (χ2n) is 8.91. The molecule has 2 fully saturated rings. The zero-order chi connectivity index (χ0) is 21.6. The minimum absolute atomic E-state index is 0.233. The van der Waals surface area contributed by atoms with Crippen molar-refractivity contribution in [1.82, 2.24) is 9.80 Å². The largest absolute Gasteiger partial charge is 0.351 e. The van der Waals surface area contributed by atoms with Crippen LogP contribution in [0.25, 0.3) is 0 Å². The molecule has 162 valence electrons. The number of rotatable bonds is 3. The van der Waals surface area contributed by atoms with Gasteiger partial charge in [0.1, 0.15) is 17.2 Å². The molecule has 0 aromatic heterocycles. The summed E-state index contributed by atoms with van der Waals surface area (Å²) in [6, 6.07) is 17.1. The molecule has 0 saturated carbocycles. The number of nitrogens with zero attached hydrogens (tertiary/aromatic N) is 4. The van der Waals surface area contributed by atoms with Gasteiger partial charge < -0.3 is 9.80 Å². The Morgan fingerprint density at radius 1 is 1.13 bits per heavy atom. The number of benzene rings is 2. The highest BCUT2D eigenvalue weighted by Gasteiger charge is 2.56. The number of piperidine rings is 1. The Kier molecular flexibility index (Phi) is 5.05. The van der Waals surface area contributed by atoms with Crippen molar-refractivity contribution in [2.75, 3.05) is 24.5 Å². The number of hydrogen-bond acceptors (Lipinski definition) is 3. The molecule has 2 amide bonds. The van der Waals surface area contributed by atoms with E-state index in [0.717, 1.165) is 44.7 Å². The third kappa shape index (κ3) is 3.24. The van der Waals surface area contributed by atoms with Crippen LogP contribution in [0.2, 0.25) is 0 Å². The zero-order valence-corrected chi connectivity index (χ0v) is 18.2. The van der Waals surface area contributed by atoms with Crippen molar-refractivity contribution in [2.24, 2.45) is 4.99 Å². The summed E-state index contributed by atoms with van der Waals surface area (Å²) in [5.74, 6) is 0.531. The van der Waals surface area contributed by atoms with Gasteiger partial charge in [-0.3, -0.25) is 4.90 Å². The van der Waals surface area contributed by atoms with Crippen LogP contribution in [0.5, 0.6) is 0 Å². The van der Waals surface area contributed by atoms with E-state index < -0.39 is 5.54 Å². The second kappa shape index (κ2) is 7.75.